The zero-order valence-corrected chi connectivity index (χ0v) is 34.1. The number of benzene rings is 9. The smallest absolute Gasteiger partial charge is 0.0640 e. The van der Waals surface area contributed by atoms with Crippen molar-refractivity contribution in [2.24, 2.45) is 0 Å². The number of aromatic nitrogens is 1. The molecule has 0 aliphatic carbocycles. The van der Waals surface area contributed by atoms with Gasteiger partial charge in [0.05, 0.1) is 26.9 Å². The van der Waals surface area contributed by atoms with Gasteiger partial charge in [-0.25, -0.2) is 0 Å². The zero-order chi connectivity index (χ0) is 40.3. The summed E-state index contributed by atoms with van der Waals surface area (Å²) in [5.74, 6) is 0. The number of thiophene rings is 1. The SMILES string of the molecule is c1ccc(-c2ccc(-c3ccc(N(c4ccc(-c5cccc6ccc7c(-c8ccccc8)c8ccccc8n7c56)cc4)c4cccc5c4sc4ccccc45)cc3)cc2)cc1. The van der Waals surface area contributed by atoms with E-state index in [0.717, 1.165) is 11.4 Å². The van der Waals surface area contributed by atoms with Gasteiger partial charge in [0.1, 0.15) is 0 Å². The molecule has 9 aromatic carbocycles. The van der Waals surface area contributed by atoms with Crippen molar-refractivity contribution in [3.8, 4) is 44.5 Å². The lowest BCUT2D eigenvalue weighted by molar-refractivity contribution is 1.30. The molecule has 12 aromatic rings. The summed E-state index contributed by atoms with van der Waals surface area (Å²) in [5, 5.41) is 5.04. The number of fused-ring (bicyclic) bond motifs is 8. The van der Waals surface area contributed by atoms with E-state index in [-0.39, 0.29) is 0 Å². The summed E-state index contributed by atoms with van der Waals surface area (Å²) in [4.78, 5) is 2.43. The van der Waals surface area contributed by atoms with Crippen LogP contribution in [-0.2, 0) is 0 Å². The summed E-state index contributed by atoms with van der Waals surface area (Å²) in [5.41, 5.74) is 16.7. The van der Waals surface area contributed by atoms with Crippen molar-refractivity contribution in [3.05, 3.63) is 231 Å². The van der Waals surface area contributed by atoms with Crippen LogP contribution >= 0.6 is 11.3 Å². The summed E-state index contributed by atoms with van der Waals surface area (Å²) in [6.07, 6.45) is 0. The lowest BCUT2D eigenvalue weighted by atomic mass is 9.99. The Morgan fingerprint density at radius 2 is 0.885 bits per heavy atom. The molecule has 61 heavy (non-hydrogen) atoms. The van der Waals surface area contributed by atoms with Gasteiger partial charge in [-0.2, -0.15) is 0 Å². The molecule has 3 heterocycles. The lowest BCUT2D eigenvalue weighted by Crippen LogP contribution is -2.10. The molecule has 0 radical (unpaired) electrons. The van der Waals surface area contributed by atoms with Crippen LogP contribution in [-0.4, -0.2) is 4.40 Å². The Bertz CT molecular complexity index is 3550. The minimum Gasteiger partial charge on any atom is -0.309 e. The van der Waals surface area contributed by atoms with E-state index in [9.17, 15) is 0 Å². The molecule has 286 valence electrons. The van der Waals surface area contributed by atoms with Crippen molar-refractivity contribution in [1.82, 2.24) is 4.40 Å². The van der Waals surface area contributed by atoms with E-state index < -0.39 is 0 Å². The third kappa shape index (κ3) is 5.93. The van der Waals surface area contributed by atoms with Gasteiger partial charge in [-0.1, -0.05) is 182 Å². The average molecular weight is 795 g/mol. The average Bonchev–Trinajstić information content (AvgIpc) is 3.89. The van der Waals surface area contributed by atoms with Gasteiger partial charge >= 0.3 is 0 Å². The van der Waals surface area contributed by atoms with Crippen LogP contribution in [0.15, 0.2) is 231 Å². The van der Waals surface area contributed by atoms with E-state index in [2.05, 4.69) is 240 Å². The van der Waals surface area contributed by atoms with Crippen LogP contribution in [0.4, 0.5) is 17.1 Å². The number of hydrogen-bond acceptors (Lipinski definition) is 2. The minimum atomic E-state index is 1.11. The molecule has 2 nitrogen and oxygen atoms in total. The highest BCUT2D eigenvalue weighted by atomic mass is 32.1. The first-order valence-corrected chi connectivity index (χ1v) is 21.7. The molecule has 0 aliphatic rings. The van der Waals surface area contributed by atoms with Gasteiger partial charge in [0.25, 0.3) is 0 Å². The van der Waals surface area contributed by atoms with Gasteiger partial charge in [0, 0.05) is 43.4 Å². The molecule has 0 aliphatic heterocycles. The number of rotatable bonds is 7. The maximum atomic E-state index is 2.47. The zero-order valence-electron chi connectivity index (χ0n) is 33.2. The van der Waals surface area contributed by atoms with Crippen molar-refractivity contribution in [2.75, 3.05) is 4.90 Å². The molecule has 0 N–H and O–H groups in total. The molecule has 0 saturated heterocycles. The fraction of sp³-hybridized carbons (Fsp3) is 0. The van der Waals surface area contributed by atoms with Crippen LogP contribution in [0.25, 0.3) is 92.0 Å². The standard InChI is InChI=1S/C58H38N2S/c1-3-13-39(14-4-1)40-25-27-41(28-26-40)42-29-34-46(35-30-42)59(54-23-12-21-50-49-18-8-10-24-55(49)61-58(50)54)47-36-31-43(32-37-47)48-20-11-17-45-33-38-53-56(44-15-5-2-6-16-44)51-19-7-9-22-52(51)60(53)57(45)48/h1-38H. The van der Waals surface area contributed by atoms with Crippen LogP contribution in [0, 0.1) is 0 Å². The Kier molecular flexibility index (Phi) is 8.39. The van der Waals surface area contributed by atoms with Crippen molar-refractivity contribution in [1.29, 1.82) is 0 Å². The fourth-order valence-electron chi connectivity index (χ4n) is 9.33. The quantitative estimate of drug-likeness (QED) is 0.156. The van der Waals surface area contributed by atoms with E-state index in [0.29, 0.717) is 0 Å². The van der Waals surface area contributed by atoms with Gasteiger partial charge in [0.15, 0.2) is 0 Å². The summed E-state index contributed by atoms with van der Waals surface area (Å²) >= 11 is 1.86. The van der Waals surface area contributed by atoms with Crippen LogP contribution in [0.1, 0.15) is 0 Å². The van der Waals surface area contributed by atoms with E-state index in [1.807, 2.05) is 11.3 Å². The van der Waals surface area contributed by atoms with E-state index in [1.54, 1.807) is 0 Å². The predicted molar refractivity (Wildman–Crippen MR) is 262 cm³/mol. The molecule has 0 fully saturated rings. The number of hydrogen-bond donors (Lipinski definition) is 0. The fourth-order valence-corrected chi connectivity index (χ4v) is 10.5. The van der Waals surface area contributed by atoms with Crippen molar-refractivity contribution >= 4 is 75.9 Å². The Hall–Kier alpha value is -7.72. The highest BCUT2D eigenvalue weighted by molar-refractivity contribution is 7.26. The second-order valence-electron chi connectivity index (χ2n) is 15.7. The largest absolute Gasteiger partial charge is 0.309 e. The van der Waals surface area contributed by atoms with Crippen molar-refractivity contribution in [2.45, 2.75) is 0 Å². The number of anilines is 3. The molecule has 0 spiro atoms. The third-order valence-electron chi connectivity index (χ3n) is 12.2. The van der Waals surface area contributed by atoms with Crippen LogP contribution in [0.2, 0.25) is 0 Å². The van der Waals surface area contributed by atoms with E-state index in [4.69, 9.17) is 0 Å². The predicted octanol–water partition coefficient (Wildman–Crippen LogP) is 16.8. The molecule has 0 atom stereocenters. The highest BCUT2D eigenvalue weighted by Gasteiger charge is 2.20. The molecule has 0 saturated carbocycles. The van der Waals surface area contributed by atoms with Crippen molar-refractivity contribution in [3.63, 3.8) is 0 Å². The Morgan fingerprint density at radius 1 is 0.344 bits per heavy atom. The summed E-state index contributed by atoms with van der Waals surface area (Å²) in [6.45, 7) is 0. The van der Waals surface area contributed by atoms with Crippen LogP contribution < -0.4 is 4.90 Å². The van der Waals surface area contributed by atoms with Gasteiger partial charge in [-0.05, 0) is 87.3 Å². The number of nitrogens with zero attached hydrogens (tertiary/aromatic N) is 2. The first-order chi connectivity index (χ1) is 30.3. The normalized spacial score (nSPS) is 11.6. The Morgan fingerprint density at radius 3 is 1.59 bits per heavy atom. The second kappa shape index (κ2) is 14.5. The maximum absolute atomic E-state index is 2.47. The molecule has 0 amide bonds. The van der Waals surface area contributed by atoms with Gasteiger partial charge in [-0.3, -0.25) is 0 Å². The highest BCUT2D eigenvalue weighted by Crippen LogP contribution is 2.46. The van der Waals surface area contributed by atoms with E-state index >= 15 is 0 Å². The first kappa shape index (κ1) is 35.2. The summed E-state index contributed by atoms with van der Waals surface area (Å²) < 4.78 is 5.05. The third-order valence-corrected chi connectivity index (χ3v) is 13.4. The molecule has 12 rings (SSSR count). The van der Waals surface area contributed by atoms with E-state index in [1.165, 1.54) is 97.7 Å². The van der Waals surface area contributed by atoms with Gasteiger partial charge in [-0.15, -0.1) is 11.3 Å². The molecule has 3 aromatic heterocycles. The Labute approximate surface area is 358 Å². The molecular weight excluding hydrogens is 757 g/mol. The lowest BCUT2D eigenvalue weighted by Gasteiger charge is -2.26. The molecular formula is C58H38N2S. The Balaban J connectivity index is 0.990. The topological polar surface area (TPSA) is 7.65 Å². The minimum absolute atomic E-state index is 1.11. The second-order valence-corrected chi connectivity index (χ2v) is 16.7. The first-order valence-electron chi connectivity index (χ1n) is 20.8. The molecule has 3 heteroatoms. The number of para-hydroxylation sites is 2. The van der Waals surface area contributed by atoms with Crippen molar-refractivity contribution < 1.29 is 0 Å². The maximum Gasteiger partial charge on any atom is 0.0640 e. The molecule has 0 bridgehead atoms. The van der Waals surface area contributed by atoms with Gasteiger partial charge < -0.3 is 9.30 Å². The van der Waals surface area contributed by atoms with Gasteiger partial charge in [0.2, 0.25) is 0 Å². The van der Waals surface area contributed by atoms with Crippen LogP contribution in [0.5, 0.6) is 0 Å². The monoisotopic (exact) mass is 794 g/mol. The van der Waals surface area contributed by atoms with Crippen LogP contribution in [0.3, 0.4) is 0 Å². The summed E-state index contributed by atoms with van der Waals surface area (Å²) in [7, 11) is 0. The molecule has 0 unspecified atom stereocenters. The number of pyridine rings is 1. The summed E-state index contributed by atoms with van der Waals surface area (Å²) in [6, 6.07) is 84.0.